The van der Waals surface area contributed by atoms with Crippen LogP contribution in [0.5, 0.6) is 0 Å². The summed E-state index contributed by atoms with van der Waals surface area (Å²) in [4.78, 5) is 25.7. The Morgan fingerprint density at radius 2 is 2.12 bits per heavy atom. The highest BCUT2D eigenvalue weighted by atomic mass is 19.4. The zero-order chi connectivity index (χ0) is 19.2. The molecule has 8 heteroatoms. The van der Waals surface area contributed by atoms with Crippen LogP contribution in [0.3, 0.4) is 0 Å². The maximum absolute atomic E-state index is 12.8. The molecule has 1 N–H and O–H groups in total. The molecule has 1 aromatic carbocycles. The van der Waals surface area contributed by atoms with Crippen LogP contribution in [0, 0.1) is 5.92 Å². The Morgan fingerprint density at radius 3 is 2.81 bits per heavy atom. The van der Waals surface area contributed by atoms with Crippen LogP contribution in [0.2, 0.25) is 0 Å². The molecule has 1 saturated heterocycles. The Balaban J connectivity index is 1.87. The van der Waals surface area contributed by atoms with Crippen molar-refractivity contribution in [2.24, 2.45) is 5.92 Å². The number of nitrogens with one attached hydrogen (secondary N) is 1. The fourth-order valence-corrected chi connectivity index (χ4v) is 2.89. The van der Waals surface area contributed by atoms with Gasteiger partial charge in [0, 0.05) is 39.8 Å². The summed E-state index contributed by atoms with van der Waals surface area (Å²) in [5.74, 6) is -0.875. The highest BCUT2D eigenvalue weighted by Crippen LogP contribution is 2.30. The van der Waals surface area contributed by atoms with E-state index in [4.69, 9.17) is 4.74 Å². The molecule has 1 aromatic rings. The van der Waals surface area contributed by atoms with E-state index >= 15 is 0 Å². The second kappa shape index (κ2) is 9.02. The monoisotopic (exact) mass is 372 g/mol. The van der Waals surface area contributed by atoms with Crippen molar-refractivity contribution in [2.45, 2.75) is 32.0 Å². The molecule has 0 saturated carbocycles. The molecule has 144 valence electrons. The largest absolute Gasteiger partial charge is 0.416 e. The van der Waals surface area contributed by atoms with E-state index in [2.05, 4.69) is 5.32 Å². The van der Waals surface area contributed by atoms with Gasteiger partial charge < -0.3 is 15.0 Å². The van der Waals surface area contributed by atoms with Crippen molar-refractivity contribution in [1.29, 1.82) is 0 Å². The Kier molecular flexibility index (Phi) is 7.02. The topological polar surface area (TPSA) is 58.6 Å². The molecule has 5 nitrogen and oxygen atoms in total. The van der Waals surface area contributed by atoms with Gasteiger partial charge >= 0.3 is 6.18 Å². The number of likely N-dealkylation sites (tertiary alicyclic amines) is 1. The number of carbonyl (C=O) groups excluding carboxylic acids is 2. The lowest BCUT2D eigenvalue weighted by atomic mass is 10.1. The fraction of sp³-hybridized carbons (Fsp3) is 0.556. The first kappa shape index (κ1) is 20.2. The summed E-state index contributed by atoms with van der Waals surface area (Å²) in [7, 11) is 1.61. The van der Waals surface area contributed by atoms with Gasteiger partial charge in [-0.25, -0.2) is 0 Å². The number of alkyl halides is 3. The van der Waals surface area contributed by atoms with E-state index in [1.807, 2.05) is 0 Å². The Labute approximate surface area is 150 Å². The third-order valence-corrected chi connectivity index (χ3v) is 4.29. The van der Waals surface area contributed by atoms with E-state index in [0.29, 0.717) is 18.7 Å². The SMILES string of the molecule is COCCCCNC(=O)[C@H]1CC(=O)N(Cc2cccc(C(F)(F)F)c2)C1. The summed E-state index contributed by atoms with van der Waals surface area (Å²) in [6.07, 6.45) is -2.71. The number of methoxy groups -OCH3 is 1. The van der Waals surface area contributed by atoms with Crippen molar-refractivity contribution >= 4 is 11.8 Å². The number of nitrogens with zero attached hydrogens (tertiary/aromatic N) is 1. The van der Waals surface area contributed by atoms with Gasteiger partial charge in [-0.1, -0.05) is 12.1 Å². The van der Waals surface area contributed by atoms with E-state index in [9.17, 15) is 22.8 Å². The number of ether oxygens (including phenoxy) is 1. The first-order valence-corrected chi connectivity index (χ1v) is 8.52. The molecule has 1 aliphatic rings. The number of halogens is 3. The van der Waals surface area contributed by atoms with Gasteiger partial charge in [-0.15, -0.1) is 0 Å². The first-order chi connectivity index (χ1) is 12.3. The molecule has 0 radical (unpaired) electrons. The van der Waals surface area contributed by atoms with Gasteiger partial charge in [-0.2, -0.15) is 13.2 Å². The van der Waals surface area contributed by atoms with Crippen molar-refractivity contribution in [3.05, 3.63) is 35.4 Å². The quantitative estimate of drug-likeness (QED) is 0.714. The predicted molar refractivity (Wildman–Crippen MR) is 89.1 cm³/mol. The van der Waals surface area contributed by atoms with Crippen LogP contribution in [0.15, 0.2) is 24.3 Å². The average molecular weight is 372 g/mol. The molecule has 0 unspecified atom stereocenters. The molecule has 0 aliphatic carbocycles. The van der Waals surface area contributed by atoms with Crippen LogP contribution >= 0.6 is 0 Å². The number of rotatable bonds is 8. The molecule has 2 rings (SSSR count). The van der Waals surface area contributed by atoms with Crippen LogP contribution < -0.4 is 5.32 Å². The summed E-state index contributed by atoms with van der Waals surface area (Å²) in [6, 6.07) is 4.90. The summed E-state index contributed by atoms with van der Waals surface area (Å²) in [5.41, 5.74) is -0.346. The number of carbonyl (C=O) groups is 2. The summed E-state index contributed by atoms with van der Waals surface area (Å²) < 4.78 is 43.3. The van der Waals surface area contributed by atoms with Gasteiger partial charge in [0.2, 0.25) is 11.8 Å². The third-order valence-electron chi connectivity index (χ3n) is 4.29. The summed E-state index contributed by atoms with van der Waals surface area (Å²) >= 11 is 0. The lowest BCUT2D eigenvalue weighted by molar-refractivity contribution is -0.137. The average Bonchev–Trinajstić information content (AvgIpc) is 2.95. The van der Waals surface area contributed by atoms with Crippen LogP contribution in [-0.4, -0.2) is 43.5 Å². The number of hydrogen-bond acceptors (Lipinski definition) is 3. The Hall–Kier alpha value is -2.09. The smallest absolute Gasteiger partial charge is 0.385 e. The molecule has 2 amide bonds. The first-order valence-electron chi connectivity index (χ1n) is 8.52. The van der Waals surface area contributed by atoms with Crippen LogP contribution in [0.1, 0.15) is 30.4 Å². The molecule has 1 atom stereocenters. The van der Waals surface area contributed by atoms with Crippen molar-refractivity contribution in [3.8, 4) is 0 Å². The van der Waals surface area contributed by atoms with Crippen LogP contribution in [0.25, 0.3) is 0 Å². The number of amides is 2. The van der Waals surface area contributed by atoms with Crippen molar-refractivity contribution in [3.63, 3.8) is 0 Å². The Morgan fingerprint density at radius 1 is 1.35 bits per heavy atom. The maximum Gasteiger partial charge on any atom is 0.416 e. The molecule has 0 aromatic heterocycles. The van der Waals surface area contributed by atoms with Crippen molar-refractivity contribution < 1.29 is 27.5 Å². The van der Waals surface area contributed by atoms with E-state index in [0.717, 1.165) is 25.0 Å². The van der Waals surface area contributed by atoms with E-state index in [-0.39, 0.29) is 31.3 Å². The summed E-state index contributed by atoms with van der Waals surface area (Å²) in [5, 5.41) is 2.80. The van der Waals surface area contributed by atoms with Gasteiger partial charge in [0.15, 0.2) is 0 Å². The minimum Gasteiger partial charge on any atom is -0.385 e. The molecule has 0 spiro atoms. The standard InChI is InChI=1S/C18H23F3N2O3/c1-26-8-3-2-7-22-17(25)14-10-16(24)23(12-14)11-13-5-4-6-15(9-13)18(19,20)21/h4-6,9,14H,2-3,7-8,10-12H2,1H3,(H,22,25)/t14-/m0/s1. The number of unbranched alkanes of at least 4 members (excludes halogenated alkanes) is 1. The maximum atomic E-state index is 12.8. The lowest BCUT2D eigenvalue weighted by Gasteiger charge is -2.17. The third kappa shape index (κ3) is 5.72. The van der Waals surface area contributed by atoms with E-state index in [1.165, 1.54) is 11.0 Å². The highest BCUT2D eigenvalue weighted by Gasteiger charge is 2.35. The van der Waals surface area contributed by atoms with Crippen molar-refractivity contribution in [2.75, 3.05) is 26.8 Å². The molecular weight excluding hydrogens is 349 g/mol. The van der Waals surface area contributed by atoms with Gasteiger partial charge in [0.05, 0.1) is 11.5 Å². The van der Waals surface area contributed by atoms with Gasteiger partial charge in [-0.3, -0.25) is 9.59 Å². The lowest BCUT2D eigenvalue weighted by Crippen LogP contribution is -2.33. The number of benzene rings is 1. The Bertz CT molecular complexity index is 634. The normalized spacial score (nSPS) is 17.6. The predicted octanol–water partition coefficient (Wildman–Crippen LogP) is 2.60. The van der Waals surface area contributed by atoms with E-state index < -0.39 is 17.7 Å². The van der Waals surface area contributed by atoms with Crippen molar-refractivity contribution in [1.82, 2.24) is 10.2 Å². The zero-order valence-electron chi connectivity index (χ0n) is 14.6. The van der Waals surface area contributed by atoms with Crippen LogP contribution in [-0.2, 0) is 27.0 Å². The molecule has 1 aliphatic heterocycles. The van der Waals surface area contributed by atoms with Crippen LogP contribution in [0.4, 0.5) is 13.2 Å². The molecular formula is C18H23F3N2O3. The minimum atomic E-state index is -4.42. The second-order valence-electron chi connectivity index (χ2n) is 6.36. The highest BCUT2D eigenvalue weighted by molar-refractivity contribution is 5.89. The fourth-order valence-electron chi connectivity index (χ4n) is 2.89. The zero-order valence-corrected chi connectivity index (χ0v) is 14.6. The van der Waals surface area contributed by atoms with Gasteiger partial charge in [0.25, 0.3) is 0 Å². The summed E-state index contributed by atoms with van der Waals surface area (Å²) in [6.45, 7) is 1.43. The molecule has 0 bridgehead atoms. The molecule has 1 fully saturated rings. The second-order valence-corrected chi connectivity index (χ2v) is 6.36. The van der Waals surface area contributed by atoms with E-state index in [1.54, 1.807) is 13.2 Å². The number of hydrogen-bond donors (Lipinski definition) is 1. The molecule has 26 heavy (non-hydrogen) atoms. The van der Waals surface area contributed by atoms with Gasteiger partial charge in [-0.05, 0) is 30.5 Å². The van der Waals surface area contributed by atoms with Gasteiger partial charge in [0.1, 0.15) is 0 Å². The minimum absolute atomic E-state index is 0.0698. The molecule has 1 heterocycles.